The summed E-state index contributed by atoms with van der Waals surface area (Å²) in [7, 11) is 2.09. The van der Waals surface area contributed by atoms with Gasteiger partial charge < -0.3 is 5.32 Å². The molecule has 3 aliphatic rings. The summed E-state index contributed by atoms with van der Waals surface area (Å²) in [6.07, 6.45) is 8.43. The van der Waals surface area contributed by atoms with Crippen LogP contribution in [0.25, 0.3) is 0 Å². The molecule has 2 bridgehead atoms. The summed E-state index contributed by atoms with van der Waals surface area (Å²) in [5, 5.41) is 7.99. The van der Waals surface area contributed by atoms with Crippen LogP contribution in [0.3, 0.4) is 0 Å². The van der Waals surface area contributed by atoms with Crippen molar-refractivity contribution in [3.05, 3.63) is 47.3 Å². The first kappa shape index (κ1) is 16.9. The highest BCUT2D eigenvalue weighted by Gasteiger charge is 2.41. The number of anilines is 1. The fraction of sp³-hybridized carbons (Fsp3) is 0.550. The van der Waals surface area contributed by atoms with Gasteiger partial charge in [-0.3, -0.25) is 9.58 Å². The zero-order valence-electron chi connectivity index (χ0n) is 14.8. The van der Waals surface area contributed by atoms with Crippen LogP contribution >= 0.6 is 12.4 Å². The van der Waals surface area contributed by atoms with E-state index in [4.69, 9.17) is 0 Å². The number of piperidine rings is 1. The molecule has 3 aliphatic heterocycles. The summed E-state index contributed by atoms with van der Waals surface area (Å²) in [6, 6.07) is 10.5. The lowest BCUT2D eigenvalue weighted by atomic mass is 9.87. The molecule has 134 valence electrons. The normalized spacial score (nSPS) is 27.6. The summed E-state index contributed by atoms with van der Waals surface area (Å²) in [4.78, 5) is 2.79. The Kier molecular flexibility index (Phi) is 4.50. The van der Waals surface area contributed by atoms with Crippen molar-refractivity contribution in [2.24, 2.45) is 7.05 Å². The molecule has 0 amide bonds. The van der Waals surface area contributed by atoms with E-state index in [1.54, 1.807) is 0 Å². The van der Waals surface area contributed by atoms with Gasteiger partial charge in [-0.25, -0.2) is 0 Å². The van der Waals surface area contributed by atoms with E-state index in [1.807, 2.05) is 6.20 Å². The van der Waals surface area contributed by atoms with Gasteiger partial charge in [0.15, 0.2) is 0 Å². The van der Waals surface area contributed by atoms with Gasteiger partial charge in [0, 0.05) is 55.7 Å². The topological polar surface area (TPSA) is 33.1 Å². The molecule has 4 nitrogen and oxygen atoms in total. The predicted octanol–water partition coefficient (Wildman–Crippen LogP) is 3.72. The summed E-state index contributed by atoms with van der Waals surface area (Å²) in [5.74, 6) is 0.686. The Labute approximate surface area is 156 Å². The first-order valence-corrected chi connectivity index (χ1v) is 9.38. The fourth-order valence-corrected chi connectivity index (χ4v) is 5.30. The third kappa shape index (κ3) is 2.85. The number of benzene rings is 1. The van der Waals surface area contributed by atoms with Gasteiger partial charge >= 0.3 is 0 Å². The van der Waals surface area contributed by atoms with Gasteiger partial charge in [0.05, 0.1) is 0 Å². The Balaban J connectivity index is 0.00000157. The van der Waals surface area contributed by atoms with Gasteiger partial charge in [0.25, 0.3) is 0 Å². The molecule has 0 radical (unpaired) electrons. The Morgan fingerprint density at radius 1 is 1.16 bits per heavy atom. The maximum absolute atomic E-state index is 4.38. The molecule has 5 heteroatoms. The first-order chi connectivity index (χ1) is 11.8. The number of aromatic nitrogens is 2. The molecule has 2 fully saturated rings. The van der Waals surface area contributed by atoms with E-state index >= 15 is 0 Å². The van der Waals surface area contributed by atoms with Gasteiger partial charge in [-0.2, -0.15) is 5.10 Å². The second-order valence-corrected chi connectivity index (χ2v) is 7.73. The molecule has 2 atom stereocenters. The van der Waals surface area contributed by atoms with Gasteiger partial charge in [-0.05, 0) is 49.3 Å². The standard InChI is InChI=1S/C20H26N4.ClH/c1-23-19(8-10-22-23)16-11-17-5-6-18(12-16)24(17)13-15-4-2-3-14-7-9-21-20(14)15;/h2-4,8,10,16-18,21H,5-7,9,11-13H2,1H3;1H. The van der Waals surface area contributed by atoms with Crippen molar-refractivity contribution in [3.8, 4) is 0 Å². The second kappa shape index (κ2) is 6.65. The third-order valence-corrected chi connectivity index (χ3v) is 6.45. The van der Waals surface area contributed by atoms with E-state index in [0.29, 0.717) is 5.92 Å². The van der Waals surface area contributed by atoms with E-state index in [1.165, 1.54) is 54.6 Å². The molecular weight excluding hydrogens is 332 g/mol. The highest BCUT2D eigenvalue weighted by Crippen LogP contribution is 2.44. The largest absolute Gasteiger partial charge is 0.384 e. The Bertz CT molecular complexity index is 742. The van der Waals surface area contributed by atoms with E-state index in [2.05, 4.69) is 51.3 Å². The molecule has 1 aromatic carbocycles. The lowest BCUT2D eigenvalue weighted by Gasteiger charge is -2.39. The Morgan fingerprint density at radius 2 is 1.96 bits per heavy atom. The highest BCUT2D eigenvalue weighted by molar-refractivity contribution is 5.85. The van der Waals surface area contributed by atoms with Crippen molar-refractivity contribution in [3.63, 3.8) is 0 Å². The van der Waals surface area contributed by atoms with Crippen molar-refractivity contribution in [1.82, 2.24) is 14.7 Å². The monoisotopic (exact) mass is 358 g/mol. The number of rotatable bonds is 3. The van der Waals surface area contributed by atoms with Gasteiger partial charge in [0.2, 0.25) is 0 Å². The smallest absolute Gasteiger partial charge is 0.0492 e. The van der Waals surface area contributed by atoms with Gasteiger partial charge in [0.1, 0.15) is 0 Å². The average Bonchev–Trinajstić information content (AvgIpc) is 3.27. The number of aryl methyl sites for hydroxylation is 1. The molecule has 2 aromatic rings. The van der Waals surface area contributed by atoms with Crippen LogP contribution in [-0.2, 0) is 20.0 Å². The Morgan fingerprint density at radius 3 is 2.68 bits per heavy atom. The molecule has 2 unspecified atom stereocenters. The van der Waals surface area contributed by atoms with Crippen LogP contribution in [0.2, 0.25) is 0 Å². The molecule has 5 rings (SSSR count). The molecule has 0 saturated carbocycles. The second-order valence-electron chi connectivity index (χ2n) is 7.73. The highest BCUT2D eigenvalue weighted by atomic mass is 35.5. The summed E-state index contributed by atoms with van der Waals surface area (Å²) in [5.41, 5.74) is 5.85. The number of hydrogen-bond donors (Lipinski definition) is 1. The van der Waals surface area contributed by atoms with Gasteiger partial charge in [-0.15, -0.1) is 12.4 Å². The van der Waals surface area contributed by atoms with Crippen LogP contribution in [0.1, 0.15) is 48.4 Å². The molecule has 2 saturated heterocycles. The predicted molar refractivity (Wildman–Crippen MR) is 103 cm³/mol. The zero-order valence-corrected chi connectivity index (χ0v) is 15.6. The average molecular weight is 359 g/mol. The fourth-order valence-electron chi connectivity index (χ4n) is 5.30. The van der Waals surface area contributed by atoms with Crippen molar-refractivity contribution >= 4 is 18.1 Å². The molecule has 1 aromatic heterocycles. The van der Waals surface area contributed by atoms with E-state index in [9.17, 15) is 0 Å². The summed E-state index contributed by atoms with van der Waals surface area (Å²) >= 11 is 0. The molecule has 1 N–H and O–H groups in total. The van der Waals surface area contributed by atoms with Gasteiger partial charge in [-0.1, -0.05) is 18.2 Å². The third-order valence-electron chi connectivity index (χ3n) is 6.45. The summed E-state index contributed by atoms with van der Waals surface area (Å²) < 4.78 is 2.08. The minimum Gasteiger partial charge on any atom is -0.384 e. The summed E-state index contributed by atoms with van der Waals surface area (Å²) in [6.45, 7) is 2.21. The van der Waals surface area contributed by atoms with Crippen LogP contribution in [0.5, 0.6) is 0 Å². The van der Waals surface area contributed by atoms with Crippen LogP contribution in [0, 0.1) is 0 Å². The molecule has 4 heterocycles. The van der Waals surface area contributed by atoms with E-state index in [-0.39, 0.29) is 12.4 Å². The van der Waals surface area contributed by atoms with Crippen molar-refractivity contribution in [2.45, 2.75) is 56.7 Å². The molecular formula is C20H27ClN4. The van der Waals surface area contributed by atoms with E-state index in [0.717, 1.165) is 25.2 Å². The Hall–Kier alpha value is -1.52. The van der Waals surface area contributed by atoms with E-state index < -0.39 is 0 Å². The van der Waals surface area contributed by atoms with Crippen LogP contribution in [0.4, 0.5) is 5.69 Å². The van der Waals surface area contributed by atoms with Crippen LogP contribution < -0.4 is 5.32 Å². The number of nitrogens with zero attached hydrogens (tertiary/aromatic N) is 3. The lowest BCUT2D eigenvalue weighted by molar-refractivity contribution is 0.117. The lowest BCUT2D eigenvalue weighted by Crippen LogP contribution is -2.42. The van der Waals surface area contributed by atoms with Crippen LogP contribution in [-0.4, -0.2) is 33.3 Å². The number of para-hydroxylation sites is 1. The minimum absolute atomic E-state index is 0. The SMILES string of the molecule is Cl.Cn1nccc1C1CC2CCC(C1)N2Cc1cccc2c1NCC2. The van der Waals surface area contributed by atoms with Crippen molar-refractivity contribution in [2.75, 3.05) is 11.9 Å². The molecule has 0 spiro atoms. The zero-order chi connectivity index (χ0) is 16.1. The van der Waals surface area contributed by atoms with Crippen LogP contribution in [0.15, 0.2) is 30.5 Å². The maximum Gasteiger partial charge on any atom is 0.0492 e. The molecule has 25 heavy (non-hydrogen) atoms. The number of nitrogens with one attached hydrogen (secondary N) is 1. The first-order valence-electron chi connectivity index (χ1n) is 9.38. The van der Waals surface area contributed by atoms with Crippen molar-refractivity contribution < 1.29 is 0 Å². The maximum atomic E-state index is 4.38. The minimum atomic E-state index is 0. The van der Waals surface area contributed by atoms with Crippen molar-refractivity contribution in [1.29, 1.82) is 0 Å². The quantitative estimate of drug-likeness (QED) is 0.907. The number of halogens is 1. The molecule has 0 aliphatic carbocycles. The number of fused-ring (bicyclic) bond motifs is 3. The number of hydrogen-bond acceptors (Lipinski definition) is 3.